The maximum atomic E-state index is 12.1. The largest absolute Gasteiger partial charge is 0.411 e. The van der Waals surface area contributed by atoms with E-state index in [2.05, 4.69) is 15.9 Å². The fourth-order valence-electron chi connectivity index (χ4n) is 1.67. The zero-order valence-corrected chi connectivity index (χ0v) is 14.8. The molecule has 2 atom stereocenters. The van der Waals surface area contributed by atoms with Crippen molar-refractivity contribution in [2.75, 3.05) is 45.5 Å². The van der Waals surface area contributed by atoms with Crippen LogP contribution in [0.4, 0.5) is 13.2 Å². The van der Waals surface area contributed by atoms with Crippen LogP contribution in [0.5, 0.6) is 0 Å². The zero-order chi connectivity index (χ0) is 16.6. The summed E-state index contributed by atoms with van der Waals surface area (Å²) in [5.41, 5.74) is -0.582. The van der Waals surface area contributed by atoms with Crippen LogP contribution >= 0.6 is 15.9 Å². The predicted octanol–water partition coefficient (Wildman–Crippen LogP) is 4.05. The molecule has 0 aliphatic heterocycles. The third-order valence-corrected chi connectivity index (χ3v) is 4.64. The van der Waals surface area contributed by atoms with Gasteiger partial charge in [0.2, 0.25) is 0 Å². The first kappa shape index (κ1) is 21.1. The van der Waals surface area contributed by atoms with Gasteiger partial charge in [-0.2, -0.15) is 13.2 Å². The minimum Gasteiger partial charge on any atom is -0.384 e. The SMILES string of the molecule is CCC(C)(COCC(F)(F)F)COCC(C)(CBr)COC. The van der Waals surface area contributed by atoms with Crippen molar-refractivity contribution in [2.45, 2.75) is 33.4 Å². The first-order valence-electron chi connectivity index (χ1n) is 6.87. The van der Waals surface area contributed by atoms with E-state index in [0.717, 1.165) is 5.33 Å². The number of hydrogen-bond donors (Lipinski definition) is 0. The lowest BCUT2D eigenvalue weighted by Gasteiger charge is -2.31. The molecule has 0 aliphatic rings. The second-order valence-electron chi connectivity index (χ2n) is 6.14. The molecule has 2 unspecified atom stereocenters. The molecule has 0 rings (SSSR count). The normalized spacial score (nSPS) is 18.3. The van der Waals surface area contributed by atoms with Crippen molar-refractivity contribution < 1.29 is 27.4 Å². The third kappa shape index (κ3) is 9.71. The van der Waals surface area contributed by atoms with Gasteiger partial charge in [-0.25, -0.2) is 0 Å². The fourth-order valence-corrected chi connectivity index (χ4v) is 1.99. The van der Waals surface area contributed by atoms with E-state index in [0.29, 0.717) is 26.2 Å². The second kappa shape index (κ2) is 9.33. The van der Waals surface area contributed by atoms with Crippen LogP contribution in [0.15, 0.2) is 0 Å². The molecule has 3 nitrogen and oxygen atoms in total. The van der Waals surface area contributed by atoms with E-state index < -0.39 is 18.2 Å². The van der Waals surface area contributed by atoms with Crippen LogP contribution in [0.1, 0.15) is 27.2 Å². The van der Waals surface area contributed by atoms with E-state index in [4.69, 9.17) is 14.2 Å². The molecular weight excluding hydrogens is 353 g/mol. The Bertz CT molecular complexity index is 289. The van der Waals surface area contributed by atoms with Gasteiger partial charge in [-0.15, -0.1) is 0 Å². The van der Waals surface area contributed by atoms with Gasteiger partial charge >= 0.3 is 6.18 Å². The molecule has 7 heteroatoms. The predicted molar refractivity (Wildman–Crippen MR) is 79.9 cm³/mol. The lowest BCUT2D eigenvalue weighted by Crippen LogP contribution is -2.35. The Hall–Kier alpha value is 0.150. The highest BCUT2D eigenvalue weighted by atomic mass is 79.9. The van der Waals surface area contributed by atoms with E-state index in [1.165, 1.54) is 0 Å². The van der Waals surface area contributed by atoms with Crippen LogP contribution in [-0.2, 0) is 14.2 Å². The molecule has 0 N–H and O–H groups in total. The molecule has 0 aromatic rings. The molecule has 21 heavy (non-hydrogen) atoms. The Morgan fingerprint density at radius 3 is 1.71 bits per heavy atom. The highest BCUT2D eigenvalue weighted by molar-refractivity contribution is 9.09. The summed E-state index contributed by atoms with van der Waals surface area (Å²) in [5.74, 6) is 0. The maximum Gasteiger partial charge on any atom is 0.411 e. The number of ether oxygens (including phenoxy) is 3. The zero-order valence-electron chi connectivity index (χ0n) is 13.2. The van der Waals surface area contributed by atoms with Gasteiger partial charge in [0.1, 0.15) is 6.61 Å². The molecule has 0 aromatic carbocycles. The van der Waals surface area contributed by atoms with E-state index in [1.807, 2.05) is 20.8 Å². The summed E-state index contributed by atoms with van der Waals surface area (Å²) in [7, 11) is 1.63. The Labute approximate surface area is 133 Å². The van der Waals surface area contributed by atoms with Crippen LogP contribution in [0.2, 0.25) is 0 Å². The summed E-state index contributed by atoms with van der Waals surface area (Å²) in [6.45, 7) is 5.99. The average molecular weight is 379 g/mol. The Morgan fingerprint density at radius 2 is 1.33 bits per heavy atom. The number of methoxy groups -OCH3 is 1. The van der Waals surface area contributed by atoms with Gasteiger partial charge in [-0.05, 0) is 6.42 Å². The summed E-state index contributed by atoms with van der Waals surface area (Å²) in [4.78, 5) is 0. The van der Waals surface area contributed by atoms with Crippen LogP contribution in [-0.4, -0.2) is 51.7 Å². The van der Waals surface area contributed by atoms with Gasteiger partial charge in [0.15, 0.2) is 0 Å². The molecule has 0 spiro atoms. The lowest BCUT2D eigenvalue weighted by atomic mass is 9.89. The van der Waals surface area contributed by atoms with E-state index in [-0.39, 0.29) is 12.0 Å². The first-order chi connectivity index (χ1) is 9.60. The van der Waals surface area contributed by atoms with Gasteiger partial charge in [0.25, 0.3) is 0 Å². The smallest absolute Gasteiger partial charge is 0.384 e. The number of halogens is 4. The van der Waals surface area contributed by atoms with E-state index >= 15 is 0 Å². The molecular formula is C14H26BrF3O3. The molecule has 0 aliphatic carbocycles. The van der Waals surface area contributed by atoms with Crippen LogP contribution < -0.4 is 0 Å². The van der Waals surface area contributed by atoms with Crippen molar-refractivity contribution in [3.8, 4) is 0 Å². The molecule has 0 saturated heterocycles. The van der Waals surface area contributed by atoms with Crippen LogP contribution in [0.3, 0.4) is 0 Å². The highest BCUT2D eigenvalue weighted by Crippen LogP contribution is 2.26. The van der Waals surface area contributed by atoms with Gasteiger partial charge in [0.05, 0.1) is 26.4 Å². The van der Waals surface area contributed by atoms with Gasteiger partial charge in [-0.1, -0.05) is 36.7 Å². The fraction of sp³-hybridized carbons (Fsp3) is 1.00. The maximum absolute atomic E-state index is 12.1. The topological polar surface area (TPSA) is 27.7 Å². The summed E-state index contributed by atoms with van der Waals surface area (Å²) >= 11 is 3.42. The Balaban J connectivity index is 4.23. The molecule has 0 radical (unpaired) electrons. The van der Waals surface area contributed by atoms with E-state index in [1.54, 1.807) is 7.11 Å². The summed E-state index contributed by atoms with van der Waals surface area (Å²) in [6, 6.07) is 0. The van der Waals surface area contributed by atoms with Crippen molar-refractivity contribution in [3.05, 3.63) is 0 Å². The van der Waals surface area contributed by atoms with Gasteiger partial charge in [-0.3, -0.25) is 0 Å². The number of hydrogen-bond acceptors (Lipinski definition) is 3. The molecule has 0 heterocycles. The molecule has 0 saturated carbocycles. The molecule has 0 fully saturated rings. The van der Waals surface area contributed by atoms with Crippen molar-refractivity contribution >= 4 is 15.9 Å². The number of alkyl halides is 4. The Morgan fingerprint density at radius 1 is 0.857 bits per heavy atom. The third-order valence-electron chi connectivity index (χ3n) is 3.29. The lowest BCUT2D eigenvalue weighted by molar-refractivity contribution is -0.183. The quantitative estimate of drug-likeness (QED) is 0.507. The minimum absolute atomic E-state index is 0.0261. The summed E-state index contributed by atoms with van der Waals surface area (Å²) in [5, 5.41) is 0.723. The molecule has 0 aromatic heterocycles. The second-order valence-corrected chi connectivity index (χ2v) is 6.70. The summed E-state index contributed by atoms with van der Waals surface area (Å²) in [6.07, 6.45) is -3.61. The molecule has 128 valence electrons. The van der Waals surface area contributed by atoms with Crippen molar-refractivity contribution in [3.63, 3.8) is 0 Å². The minimum atomic E-state index is -4.29. The highest BCUT2D eigenvalue weighted by Gasteiger charge is 2.31. The summed E-state index contributed by atoms with van der Waals surface area (Å²) < 4.78 is 51.9. The van der Waals surface area contributed by atoms with E-state index in [9.17, 15) is 13.2 Å². The standard InChI is InChI=1S/C14H26BrF3O3/c1-5-12(2,9-21-11-14(16,17)18)8-20-10-13(3,6-15)7-19-4/h5-11H2,1-4H3. The van der Waals surface area contributed by atoms with Crippen molar-refractivity contribution in [1.29, 1.82) is 0 Å². The van der Waals surface area contributed by atoms with Gasteiger partial charge in [0, 0.05) is 23.3 Å². The first-order valence-corrected chi connectivity index (χ1v) is 7.99. The Kier molecular flexibility index (Phi) is 9.39. The van der Waals surface area contributed by atoms with Crippen molar-refractivity contribution in [2.24, 2.45) is 10.8 Å². The number of rotatable bonds is 11. The van der Waals surface area contributed by atoms with Crippen LogP contribution in [0, 0.1) is 10.8 Å². The van der Waals surface area contributed by atoms with Crippen molar-refractivity contribution in [1.82, 2.24) is 0 Å². The van der Waals surface area contributed by atoms with Crippen LogP contribution in [0.25, 0.3) is 0 Å². The average Bonchev–Trinajstić information content (AvgIpc) is 2.37. The molecule has 0 bridgehead atoms. The van der Waals surface area contributed by atoms with Gasteiger partial charge < -0.3 is 14.2 Å². The molecule has 0 amide bonds. The monoisotopic (exact) mass is 378 g/mol.